The molecular weight excluding hydrogens is 621 g/mol. The first kappa shape index (κ1) is 32.8. The third-order valence-corrected chi connectivity index (χ3v) is 17.6. The van der Waals surface area contributed by atoms with Crippen molar-refractivity contribution >= 4 is 11.1 Å². The van der Waals surface area contributed by atoms with Gasteiger partial charge < -0.3 is 4.74 Å². The number of nitrogens with zero attached hydrogens (tertiary/aromatic N) is 2. The first-order valence-electron chi connectivity index (χ1n) is 21.0. The summed E-state index contributed by atoms with van der Waals surface area (Å²) < 4.78 is 7.18. The summed E-state index contributed by atoms with van der Waals surface area (Å²) in [7, 11) is 0. The van der Waals surface area contributed by atoms with Gasteiger partial charge in [-0.3, -0.25) is 9.97 Å². The molecule has 8 aliphatic rings. The minimum atomic E-state index is 0.295. The van der Waals surface area contributed by atoms with Gasteiger partial charge >= 0.3 is 0 Å². The maximum Gasteiger partial charge on any atom is 0.0616 e. The van der Waals surface area contributed by atoms with Crippen molar-refractivity contribution in [2.45, 2.75) is 130 Å². The Labute approximate surface area is 307 Å². The lowest BCUT2D eigenvalue weighted by molar-refractivity contribution is -0.0821. The molecule has 2 aromatic heterocycles. The van der Waals surface area contributed by atoms with E-state index in [-0.39, 0.29) is 0 Å². The van der Waals surface area contributed by atoms with Crippen LogP contribution in [0.25, 0.3) is 11.1 Å². The number of pyridine rings is 2. The zero-order chi connectivity index (χ0) is 34.6. The number of aromatic nitrogens is 2. The highest BCUT2D eigenvalue weighted by atomic mass is 16.5. The van der Waals surface area contributed by atoms with Crippen molar-refractivity contribution < 1.29 is 4.74 Å². The number of hydrogen-bond acceptors (Lipinski definition) is 3. The minimum Gasteiger partial charge on any atom is -0.374 e. The van der Waals surface area contributed by atoms with Gasteiger partial charge in [-0.15, -0.1) is 0 Å². The van der Waals surface area contributed by atoms with E-state index in [1.54, 1.807) is 22.3 Å². The highest BCUT2D eigenvalue weighted by Crippen LogP contribution is 2.68. The molecule has 8 aliphatic carbocycles. The standard InChI is InChI=1S/C48H60N2O/c1-45-21-17-35(27-33(45)9-11-37-41-15-13-39(31-7-5-25-49-29-31)47(41,3)23-19-43(37)45)51-36-18-22-46(2)34(28-36)10-12-38-42-16-14-40(32-8-6-26-50-30-32)48(42,4)24-20-44(38)46/h5-10,13-14,25-26,29-30,35-38,41-44H,11-12,15-24,27-28H2,1-4H3/t35-,36-,37-,38-,41-,42-,43-,44-,45-,46-,47+,48+/m0/s1. The van der Waals surface area contributed by atoms with E-state index in [1.165, 1.54) is 101 Å². The van der Waals surface area contributed by atoms with Crippen molar-refractivity contribution in [3.8, 4) is 0 Å². The quantitative estimate of drug-likeness (QED) is 0.302. The molecule has 4 fully saturated rings. The molecule has 0 radical (unpaired) electrons. The average Bonchev–Trinajstić information content (AvgIpc) is 3.69. The summed E-state index contributed by atoms with van der Waals surface area (Å²) in [4.78, 5) is 8.98. The molecule has 2 aromatic rings. The smallest absolute Gasteiger partial charge is 0.0616 e. The van der Waals surface area contributed by atoms with Crippen LogP contribution in [0.2, 0.25) is 0 Å². The molecule has 0 unspecified atom stereocenters. The van der Waals surface area contributed by atoms with Gasteiger partial charge in [-0.1, -0.05) is 75.3 Å². The molecular formula is C48H60N2O. The summed E-state index contributed by atoms with van der Waals surface area (Å²) >= 11 is 0. The topological polar surface area (TPSA) is 35.0 Å². The highest BCUT2D eigenvalue weighted by Gasteiger charge is 2.59. The lowest BCUT2D eigenvalue weighted by atomic mass is 9.47. The molecule has 0 spiro atoms. The van der Waals surface area contributed by atoms with Crippen molar-refractivity contribution in [1.29, 1.82) is 0 Å². The third kappa shape index (κ3) is 4.84. The Morgan fingerprint density at radius 1 is 0.529 bits per heavy atom. The van der Waals surface area contributed by atoms with E-state index >= 15 is 0 Å². The monoisotopic (exact) mass is 680 g/mol. The van der Waals surface area contributed by atoms with Gasteiger partial charge in [0.25, 0.3) is 0 Å². The molecule has 0 bridgehead atoms. The summed E-state index contributed by atoms with van der Waals surface area (Å²) in [6, 6.07) is 8.79. The predicted molar refractivity (Wildman–Crippen MR) is 207 cm³/mol. The van der Waals surface area contributed by atoms with E-state index in [4.69, 9.17) is 4.74 Å². The predicted octanol–water partition coefficient (Wildman–Crippen LogP) is 11.8. The Morgan fingerprint density at radius 2 is 0.980 bits per heavy atom. The van der Waals surface area contributed by atoms with E-state index in [9.17, 15) is 0 Å². The molecule has 51 heavy (non-hydrogen) atoms. The van der Waals surface area contributed by atoms with Gasteiger partial charge in [0.15, 0.2) is 0 Å². The average molecular weight is 681 g/mol. The lowest BCUT2D eigenvalue weighted by Crippen LogP contribution is -2.51. The Morgan fingerprint density at radius 3 is 1.41 bits per heavy atom. The highest BCUT2D eigenvalue weighted by molar-refractivity contribution is 5.73. The van der Waals surface area contributed by atoms with E-state index in [0.717, 1.165) is 35.5 Å². The summed E-state index contributed by atoms with van der Waals surface area (Å²) in [6.07, 6.45) is 37.3. The molecule has 4 saturated carbocycles. The first-order chi connectivity index (χ1) is 24.7. The zero-order valence-corrected chi connectivity index (χ0v) is 31.7. The van der Waals surface area contributed by atoms with Crippen LogP contribution in [-0.2, 0) is 4.74 Å². The van der Waals surface area contributed by atoms with Crippen molar-refractivity contribution in [2.75, 3.05) is 0 Å². The third-order valence-electron chi connectivity index (χ3n) is 17.6. The molecule has 268 valence electrons. The largest absolute Gasteiger partial charge is 0.374 e. The van der Waals surface area contributed by atoms with Crippen LogP contribution in [0, 0.1) is 57.2 Å². The second-order valence-electron chi connectivity index (χ2n) is 19.5. The summed E-state index contributed by atoms with van der Waals surface area (Å²) in [5.74, 6) is 4.78. The summed E-state index contributed by atoms with van der Waals surface area (Å²) in [5.41, 5.74) is 10.7. The fourth-order valence-electron chi connectivity index (χ4n) is 14.8. The molecule has 0 amide bonds. The normalized spacial score (nSPS) is 45.4. The molecule has 0 aromatic carbocycles. The van der Waals surface area contributed by atoms with Crippen LogP contribution < -0.4 is 0 Å². The Hall–Kier alpha value is -2.78. The van der Waals surface area contributed by atoms with E-state index in [0.29, 0.717) is 33.9 Å². The van der Waals surface area contributed by atoms with Gasteiger partial charge in [-0.2, -0.15) is 0 Å². The maximum atomic E-state index is 7.18. The van der Waals surface area contributed by atoms with Crippen LogP contribution in [0.5, 0.6) is 0 Å². The van der Waals surface area contributed by atoms with E-state index in [1.807, 2.05) is 12.4 Å². The summed E-state index contributed by atoms with van der Waals surface area (Å²) in [5, 5.41) is 0. The van der Waals surface area contributed by atoms with E-state index in [2.05, 4.69) is 98.6 Å². The molecule has 3 nitrogen and oxygen atoms in total. The van der Waals surface area contributed by atoms with Crippen molar-refractivity contribution in [1.82, 2.24) is 9.97 Å². The number of ether oxygens (including phenoxy) is 1. The van der Waals surface area contributed by atoms with Crippen LogP contribution in [0.4, 0.5) is 0 Å². The number of hydrogen-bond donors (Lipinski definition) is 0. The fraction of sp³-hybridized carbons (Fsp3) is 0.625. The van der Waals surface area contributed by atoms with Crippen LogP contribution in [0.1, 0.15) is 129 Å². The van der Waals surface area contributed by atoms with Crippen LogP contribution in [0.15, 0.2) is 84.5 Å². The van der Waals surface area contributed by atoms with Gasteiger partial charge in [0.05, 0.1) is 12.2 Å². The number of rotatable bonds is 4. The van der Waals surface area contributed by atoms with Gasteiger partial charge in [0.2, 0.25) is 0 Å². The van der Waals surface area contributed by atoms with Crippen LogP contribution in [0.3, 0.4) is 0 Å². The molecule has 0 aliphatic heterocycles. The molecule has 10 rings (SSSR count). The Kier molecular flexibility index (Phi) is 7.64. The van der Waals surface area contributed by atoms with Gasteiger partial charge in [0.1, 0.15) is 0 Å². The van der Waals surface area contributed by atoms with Crippen LogP contribution >= 0.6 is 0 Å². The molecule has 12 atom stereocenters. The van der Waals surface area contributed by atoms with Crippen molar-refractivity contribution in [3.05, 3.63) is 95.6 Å². The van der Waals surface area contributed by atoms with E-state index < -0.39 is 0 Å². The molecule has 0 N–H and O–H groups in total. The summed E-state index contributed by atoms with van der Waals surface area (Å²) in [6.45, 7) is 10.5. The molecule has 3 heteroatoms. The number of fused-ring (bicyclic) bond motifs is 10. The Bertz CT molecular complexity index is 1670. The van der Waals surface area contributed by atoms with Gasteiger partial charge in [-0.25, -0.2) is 0 Å². The van der Waals surface area contributed by atoms with Gasteiger partial charge in [0, 0.05) is 24.8 Å². The lowest BCUT2D eigenvalue weighted by Gasteiger charge is -2.58. The van der Waals surface area contributed by atoms with Crippen molar-refractivity contribution in [2.24, 2.45) is 57.2 Å². The van der Waals surface area contributed by atoms with Crippen LogP contribution in [-0.4, -0.2) is 22.2 Å². The van der Waals surface area contributed by atoms with Crippen molar-refractivity contribution in [3.63, 3.8) is 0 Å². The Balaban J connectivity index is 0.803. The zero-order valence-electron chi connectivity index (χ0n) is 31.7. The van der Waals surface area contributed by atoms with Gasteiger partial charge in [-0.05, 0) is 181 Å². The first-order valence-corrected chi connectivity index (χ1v) is 21.0. The molecule has 2 heterocycles. The maximum absolute atomic E-state index is 7.18. The number of allylic oxidation sites excluding steroid dienone is 6. The minimum absolute atomic E-state index is 0.295. The fourth-order valence-corrected chi connectivity index (χ4v) is 14.8. The SMILES string of the molecule is C[C@]12CC[C@H](O[C@H]3CC[C@@]4(C)C(=CC[C@@H]5[C@@H]4CC[C@]4(C)C(c6cccnc6)=CC[C@@H]54)C3)CC1=CC[C@@H]1[C@@H]2CC[C@]2(C)C(c3cccnc3)=CC[C@@H]12. The second kappa shape index (κ2) is 11.9. The molecule has 0 saturated heterocycles. The second-order valence-corrected chi connectivity index (χ2v) is 19.5.